The van der Waals surface area contributed by atoms with Crippen molar-refractivity contribution in [3.05, 3.63) is 41.6 Å². The topological polar surface area (TPSA) is 119 Å². The minimum Gasteiger partial charge on any atom is -0.478 e. The highest BCUT2D eigenvalue weighted by atomic mass is 16.4. The zero-order valence-corrected chi connectivity index (χ0v) is 16.9. The van der Waals surface area contributed by atoms with E-state index in [4.69, 9.17) is 0 Å². The number of hydrogen-bond acceptors (Lipinski definition) is 6. The lowest BCUT2D eigenvalue weighted by molar-refractivity contribution is -0.124. The van der Waals surface area contributed by atoms with Crippen LogP contribution in [0.5, 0.6) is 0 Å². The molecule has 0 bridgehead atoms. The van der Waals surface area contributed by atoms with E-state index < -0.39 is 11.4 Å². The summed E-state index contributed by atoms with van der Waals surface area (Å²) in [6, 6.07) is 8.98. The summed E-state index contributed by atoms with van der Waals surface area (Å²) in [6.07, 6.45) is 4.01. The second kappa shape index (κ2) is 7.41. The summed E-state index contributed by atoms with van der Waals surface area (Å²) in [6.45, 7) is 4.20. The summed E-state index contributed by atoms with van der Waals surface area (Å²) >= 11 is 0. The van der Waals surface area contributed by atoms with Crippen LogP contribution in [0.15, 0.2) is 30.5 Å². The summed E-state index contributed by atoms with van der Waals surface area (Å²) in [7, 11) is 0. The molecular weight excluding hydrogens is 382 g/mol. The van der Waals surface area contributed by atoms with Gasteiger partial charge in [0.05, 0.1) is 11.6 Å². The molecule has 2 aromatic rings. The van der Waals surface area contributed by atoms with Crippen LogP contribution >= 0.6 is 0 Å². The van der Waals surface area contributed by atoms with Gasteiger partial charge in [0, 0.05) is 18.4 Å². The zero-order chi connectivity index (χ0) is 21.5. The van der Waals surface area contributed by atoms with Crippen molar-refractivity contribution in [2.24, 2.45) is 11.3 Å². The molecule has 1 saturated carbocycles. The number of anilines is 3. The number of rotatable bonds is 6. The Kier molecular flexibility index (Phi) is 4.90. The van der Waals surface area contributed by atoms with E-state index in [9.17, 15) is 20.0 Å². The molecule has 1 atom stereocenters. The van der Waals surface area contributed by atoms with Gasteiger partial charge in [0.1, 0.15) is 11.2 Å². The van der Waals surface area contributed by atoms with E-state index in [2.05, 4.69) is 21.4 Å². The average molecular weight is 405 g/mol. The average Bonchev–Trinajstić information content (AvgIpc) is 3.51. The third-order valence-electron chi connectivity index (χ3n) is 6.01. The van der Waals surface area contributed by atoms with Crippen molar-refractivity contribution in [2.75, 3.05) is 16.8 Å². The first-order valence-electron chi connectivity index (χ1n) is 10.1. The fourth-order valence-electron chi connectivity index (χ4n) is 3.98. The van der Waals surface area contributed by atoms with E-state index in [0.717, 1.165) is 18.4 Å². The quantitative estimate of drug-likeness (QED) is 0.752. The molecule has 2 aliphatic rings. The Morgan fingerprint density at radius 3 is 2.73 bits per heavy atom. The van der Waals surface area contributed by atoms with Crippen molar-refractivity contribution >= 4 is 29.3 Å². The summed E-state index contributed by atoms with van der Waals surface area (Å²) in [5.41, 5.74) is 0.807. The van der Waals surface area contributed by atoms with Crippen LogP contribution in [0.25, 0.3) is 0 Å². The van der Waals surface area contributed by atoms with Gasteiger partial charge in [-0.3, -0.25) is 9.69 Å². The van der Waals surface area contributed by atoms with Crippen LogP contribution in [0.4, 0.5) is 17.5 Å². The molecule has 2 fully saturated rings. The van der Waals surface area contributed by atoms with Crippen LogP contribution in [0.2, 0.25) is 0 Å². The maximum atomic E-state index is 13.0. The molecular formula is C22H23N5O3. The Hall–Kier alpha value is -3.47. The van der Waals surface area contributed by atoms with E-state index in [1.54, 1.807) is 29.3 Å². The molecule has 30 heavy (non-hydrogen) atoms. The predicted molar refractivity (Wildman–Crippen MR) is 111 cm³/mol. The van der Waals surface area contributed by atoms with E-state index in [1.165, 1.54) is 0 Å². The number of nitriles is 1. The van der Waals surface area contributed by atoms with Crippen molar-refractivity contribution in [3.63, 3.8) is 0 Å². The van der Waals surface area contributed by atoms with Gasteiger partial charge >= 0.3 is 5.97 Å². The third-order valence-corrected chi connectivity index (χ3v) is 6.01. The van der Waals surface area contributed by atoms with Crippen molar-refractivity contribution in [1.29, 1.82) is 5.26 Å². The predicted octanol–water partition coefficient (Wildman–Crippen LogP) is 3.70. The standard InChI is InChI=1S/C22H23N5O3/c1-13(2)22(12-23)8-10-27(20(22)30)18-7-9-24-21(26-18)25-15-5-6-16(19(28)29)17(11-15)14-3-4-14/h5-7,9,11,13-14H,3-4,8,10H2,1-2H3,(H,28,29)(H,24,25,26)/t22-/m1/s1. The van der Waals surface area contributed by atoms with Crippen molar-refractivity contribution in [3.8, 4) is 6.07 Å². The summed E-state index contributed by atoms with van der Waals surface area (Å²) < 4.78 is 0. The molecule has 2 N–H and O–H groups in total. The third kappa shape index (κ3) is 3.36. The first-order chi connectivity index (χ1) is 14.4. The molecule has 0 radical (unpaired) electrons. The number of benzene rings is 1. The highest BCUT2D eigenvalue weighted by molar-refractivity contribution is 6.01. The van der Waals surface area contributed by atoms with Gasteiger partial charge in [-0.2, -0.15) is 10.2 Å². The second-order valence-corrected chi connectivity index (χ2v) is 8.19. The van der Waals surface area contributed by atoms with Crippen molar-refractivity contribution in [1.82, 2.24) is 9.97 Å². The maximum absolute atomic E-state index is 13.0. The van der Waals surface area contributed by atoms with Crippen LogP contribution in [-0.4, -0.2) is 33.5 Å². The van der Waals surface area contributed by atoms with Gasteiger partial charge in [-0.05, 0) is 60.9 Å². The van der Waals surface area contributed by atoms with Crippen LogP contribution in [0.3, 0.4) is 0 Å². The van der Waals surface area contributed by atoms with E-state index >= 15 is 0 Å². The van der Waals surface area contributed by atoms with Crippen LogP contribution in [0, 0.1) is 22.7 Å². The molecule has 1 amide bonds. The fraction of sp³-hybridized carbons (Fsp3) is 0.409. The van der Waals surface area contributed by atoms with Gasteiger partial charge in [0.15, 0.2) is 0 Å². The molecule has 1 aliphatic carbocycles. The number of carbonyl (C=O) groups is 2. The Bertz CT molecular complexity index is 1060. The lowest BCUT2D eigenvalue weighted by atomic mass is 9.77. The molecule has 1 aromatic heterocycles. The Balaban J connectivity index is 1.58. The Morgan fingerprint density at radius 1 is 1.37 bits per heavy atom. The largest absolute Gasteiger partial charge is 0.478 e. The highest BCUT2D eigenvalue weighted by Crippen LogP contribution is 2.43. The number of aromatic carboxylic acids is 1. The fourth-order valence-corrected chi connectivity index (χ4v) is 3.98. The highest BCUT2D eigenvalue weighted by Gasteiger charge is 2.50. The number of amides is 1. The number of hydrogen-bond donors (Lipinski definition) is 2. The lowest BCUT2D eigenvalue weighted by Gasteiger charge is -2.24. The Morgan fingerprint density at radius 2 is 2.13 bits per heavy atom. The molecule has 1 aromatic carbocycles. The first-order valence-corrected chi connectivity index (χ1v) is 10.1. The normalized spacial score (nSPS) is 21.0. The summed E-state index contributed by atoms with van der Waals surface area (Å²) in [5, 5.41) is 22.1. The maximum Gasteiger partial charge on any atom is 0.335 e. The molecule has 154 valence electrons. The molecule has 0 spiro atoms. The molecule has 2 heterocycles. The zero-order valence-electron chi connectivity index (χ0n) is 16.9. The van der Waals surface area contributed by atoms with Gasteiger partial charge in [0.2, 0.25) is 11.9 Å². The van der Waals surface area contributed by atoms with Crippen LogP contribution < -0.4 is 10.2 Å². The number of nitrogens with one attached hydrogen (secondary N) is 1. The Labute approximate surface area is 174 Å². The minimum atomic E-state index is -1.02. The minimum absolute atomic E-state index is 0.0898. The van der Waals surface area contributed by atoms with Crippen molar-refractivity contribution < 1.29 is 14.7 Å². The van der Waals surface area contributed by atoms with Crippen LogP contribution in [-0.2, 0) is 4.79 Å². The molecule has 8 nitrogen and oxygen atoms in total. The first kappa shape index (κ1) is 19.8. The summed E-state index contributed by atoms with van der Waals surface area (Å²) in [4.78, 5) is 34.7. The second-order valence-electron chi connectivity index (χ2n) is 8.19. The van der Waals surface area contributed by atoms with E-state index in [-0.39, 0.29) is 17.7 Å². The number of carbonyl (C=O) groups excluding carboxylic acids is 1. The molecule has 0 unspecified atom stereocenters. The monoisotopic (exact) mass is 405 g/mol. The lowest BCUT2D eigenvalue weighted by Crippen LogP contribution is -2.37. The molecule has 8 heteroatoms. The van der Waals surface area contributed by atoms with E-state index in [1.807, 2.05) is 19.9 Å². The molecule has 1 aliphatic heterocycles. The number of nitrogens with zero attached hydrogens (tertiary/aromatic N) is 4. The van der Waals surface area contributed by atoms with E-state index in [0.29, 0.717) is 36.0 Å². The van der Waals surface area contributed by atoms with Gasteiger partial charge in [-0.1, -0.05) is 13.8 Å². The molecule has 1 saturated heterocycles. The van der Waals surface area contributed by atoms with Gasteiger partial charge in [0.25, 0.3) is 0 Å². The SMILES string of the molecule is CC(C)[C@]1(C#N)CCN(c2ccnc(Nc3ccc(C(=O)O)c(C4CC4)c3)n2)C1=O. The van der Waals surface area contributed by atoms with Crippen molar-refractivity contribution in [2.45, 2.75) is 39.0 Å². The van der Waals surface area contributed by atoms with Gasteiger partial charge in [-0.15, -0.1) is 0 Å². The smallest absolute Gasteiger partial charge is 0.335 e. The summed E-state index contributed by atoms with van der Waals surface area (Å²) in [5.74, 6) is -0.216. The van der Waals surface area contributed by atoms with Crippen LogP contribution in [0.1, 0.15) is 54.9 Å². The van der Waals surface area contributed by atoms with Gasteiger partial charge in [-0.25, -0.2) is 9.78 Å². The number of aromatic nitrogens is 2. The number of carboxylic acids is 1. The molecule has 4 rings (SSSR count). The van der Waals surface area contributed by atoms with Gasteiger partial charge < -0.3 is 10.4 Å². The number of carboxylic acid groups (broad SMARTS) is 1.